The molecule has 1 N–H and O–H groups in total. The number of hydrogen-bond donors (Lipinski definition) is 1. The monoisotopic (exact) mass is 240 g/mol. The predicted molar refractivity (Wildman–Crippen MR) is 65.9 cm³/mol. The molecule has 1 aliphatic heterocycles. The smallest absolute Gasteiger partial charge is 0.224 e. The summed E-state index contributed by atoms with van der Waals surface area (Å²) in [5.41, 5.74) is 1.03. The molecule has 0 bridgehead atoms. The Kier molecular flexibility index (Phi) is 3.96. The molecule has 0 aliphatic carbocycles. The van der Waals surface area contributed by atoms with Crippen LogP contribution in [0.15, 0.2) is 6.20 Å². The van der Waals surface area contributed by atoms with Crippen molar-refractivity contribution >= 4 is 17.4 Å². The lowest BCUT2D eigenvalue weighted by Crippen LogP contribution is -2.26. The molecule has 0 atom stereocenters. The Bertz CT molecular complexity index is 350. The zero-order valence-corrected chi connectivity index (χ0v) is 10.3. The molecular weight excluding hydrogens is 224 g/mol. The Morgan fingerprint density at radius 3 is 2.94 bits per heavy atom. The fraction of sp³-hybridized carbons (Fsp3) is 0.636. The third-order valence-electron chi connectivity index (χ3n) is 2.86. The molecule has 1 fully saturated rings. The molecular formula is C11H17ClN4. The molecule has 0 aromatic carbocycles. The largest absolute Gasteiger partial charge is 0.368 e. The van der Waals surface area contributed by atoms with Crippen LogP contribution in [-0.4, -0.2) is 41.0 Å². The molecule has 1 aromatic heterocycles. The van der Waals surface area contributed by atoms with Gasteiger partial charge in [0.15, 0.2) is 0 Å². The predicted octanol–water partition coefficient (Wildman–Crippen LogP) is 1.95. The van der Waals surface area contributed by atoms with Gasteiger partial charge in [-0.25, -0.2) is 9.97 Å². The molecule has 0 saturated carbocycles. The molecule has 1 saturated heterocycles. The maximum atomic E-state index is 5.75. The Balaban J connectivity index is 1.82. The number of anilines is 1. The van der Waals surface area contributed by atoms with Crippen LogP contribution in [0.4, 0.5) is 5.82 Å². The Hall–Kier alpha value is -0.870. The first-order valence-electron chi connectivity index (χ1n) is 5.71. The van der Waals surface area contributed by atoms with E-state index in [4.69, 9.17) is 11.6 Å². The van der Waals surface area contributed by atoms with Crippen LogP contribution in [0.5, 0.6) is 0 Å². The van der Waals surface area contributed by atoms with E-state index in [1.54, 1.807) is 6.20 Å². The lowest BCUT2D eigenvalue weighted by atomic mass is 10.3. The summed E-state index contributed by atoms with van der Waals surface area (Å²) in [6.45, 7) is 6.42. The second-order valence-electron chi connectivity index (χ2n) is 4.15. The molecule has 1 aliphatic rings. The van der Waals surface area contributed by atoms with Crippen LogP contribution < -0.4 is 5.32 Å². The van der Waals surface area contributed by atoms with Gasteiger partial charge in [0.2, 0.25) is 5.28 Å². The first-order chi connectivity index (χ1) is 7.75. The van der Waals surface area contributed by atoms with Crippen molar-refractivity contribution in [1.29, 1.82) is 0 Å². The van der Waals surface area contributed by atoms with Gasteiger partial charge >= 0.3 is 0 Å². The minimum absolute atomic E-state index is 0.300. The van der Waals surface area contributed by atoms with Crippen LogP contribution in [0.2, 0.25) is 5.28 Å². The zero-order chi connectivity index (χ0) is 11.4. The van der Waals surface area contributed by atoms with E-state index in [9.17, 15) is 0 Å². The van der Waals surface area contributed by atoms with E-state index in [-0.39, 0.29) is 0 Å². The summed E-state index contributed by atoms with van der Waals surface area (Å²) >= 11 is 5.75. The van der Waals surface area contributed by atoms with Gasteiger partial charge in [0.05, 0.1) is 0 Å². The van der Waals surface area contributed by atoms with Crippen molar-refractivity contribution in [3.8, 4) is 0 Å². The number of rotatable bonds is 4. The molecule has 16 heavy (non-hydrogen) atoms. The average molecular weight is 241 g/mol. The number of hydrogen-bond acceptors (Lipinski definition) is 4. The highest BCUT2D eigenvalue weighted by Gasteiger charge is 2.10. The van der Waals surface area contributed by atoms with Crippen LogP contribution >= 0.6 is 11.6 Å². The molecule has 0 amide bonds. The summed E-state index contributed by atoms with van der Waals surface area (Å²) in [6, 6.07) is 0. The maximum absolute atomic E-state index is 5.75. The molecule has 0 unspecified atom stereocenters. The van der Waals surface area contributed by atoms with Gasteiger partial charge in [-0.1, -0.05) is 0 Å². The number of halogens is 1. The van der Waals surface area contributed by atoms with Crippen LogP contribution in [0, 0.1) is 6.92 Å². The van der Waals surface area contributed by atoms with Gasteiger partial charge < -0.3 is 10.2 Å². The van der Waals surface area contributed by atoms with E-state index in [2.05, 4.69) is 20.2 Å². The molecule has 0 radical (unpaired) electrons. The van der Waals surface area contributed by atoms with Crippen LogP contribution in [0.3, 0.4) is 0 Å². The minimum Gasteiger partial charge on any atom is -0.368 e. The summed E-state index contributed by atoms with van der Waals surface area (Å²) < 4.78 is 0. The van der Waals surface area contributed by atoms with E-state index >= 15 is 0 Å². The Morgan fingerprint density at radius 1 is 1.44 bits per heavy atom. The van der Waals surface area contributed by atoms with Crippen molar-refractivity contribution in [2.24, 2.45) is 0 Å². The molecule has 4 nitrogen and oxygen atoms in total. The fourth-order valence-electron chi connectivity index (χ4n) is 1.94. The first-order valence-corrected chi connectivity index (χ1v) is 6.09. The standard InChI is InChI=1S/C11H17ClN4/c1-9-8-14-11(12)15-10(9)13-4-7-16-5-2-3-6-16/h8H,2-7H2,1H3,(H,13,14,15). The van der Waals surface area contributed by atoms with E-state index in [0.717, 1.165) is 24.5 Å². The zero-order valence-electron chi connectivity index (χ0n) is 9.54. The molecule has 2 heterocycles. The summed E-state index contributed by atoms with van der Waals surface area (Å²) in [6.07, 6.45) is 4.41. The summed E-state index contributed by atoms with van der Waals surface area (Å²) in [7, 11) is 0. The lowest BCUT2D eigenvalue weighted by molar-refractivity contribution is 0.352. The first kappa shape index (κ1) is 11.6. The van der Waals surface area contributed by atoms with Crippen molar-refractivity contribution in [1.82, 2.24) is 14.9 Å². The van der Waals surface area contributed by atoms with Gasteiger partial charge in [0.1, 0.15) is 5.82 Å². The van der Waals surface area contributed by atoms with Crippen molar-refractivity contribution in [3.05, 3.63) is 17.0 Å². The Morgan fingerprint density at radius 2 is 2.19 bits per heavy atom. The maximum Gasteiger partial charge on any atom is 0.224 e. The third-order valence-corrected chi connectivity index (χ3v) is 3.04. The van der Waals surface area contributed by atoms with Crippen molar-refractivity contribution in [2.45, 2.75) is 19.8 Å². The molecule has 2 rings (SSSR count). The number of nitrogens with zero attached hydrogens (tertiary/aromatic N) is 3. The second-order valence-corrected chi connectivity index (χ2v) is 4.48. The third kappa shape index (κ3) is 3.06. The number of nitrogens with one attached hydrogen (secondary N) is 1. The molecule has 88 valence electrons. The van der Waals surface area contributed by atoms with Crippen LogP contribution in [0.25, 0.3) is 0 Å². The minimum atomic E-state index is 0.300. The summed E-state index contributed by atoms with van der Waals surface area (Å²) in [4.78, 5) is 10.6. The topological polar surface area (TPSA) is 41.1 Å². The Labute approximate surface area is 101 Å². The molecule has 0 spiro atoms. The second kappa shape index (κ2) is 5.46. The van der Waals surface area contributed by atoms with E-state index in [0.29, 0.717) is 5.28 Å². The van der Waals surface area contributed by atoms with Crippen LogP contribution in [-0.2, 0) is 0 Å². The lowest BCUT2D eigenvalue weighted by Gasteiger charge is -2.15. The average Bonchev–Trinajstić information content (AvgIpc) is 2.76. The highest BCUT2D eigenvalue weighted by molar-refractivity contribution is 6.28. The molecule has 5 heteroatoms. The van der Waals surface area contributed by atoms with Gasteiger partial charge in [0, 0.05) is 24.8 Å². The number of aryl methyl sites for hydroxylation is 1. The SMILES string of the molecule is Cc1cnc(Cl)nc1NCCN1CCCC1. The van der Waals surface area contributed by atoms with Crippen molar-refractivity contribution < 1.29 is 0 Å². The molecule has 1 aromatic rings. The number of aromatic nitrogens is 2. The van der Waals surface area contributed by atoms with E-state index < -0.39 is 0 Å². The fourth-order valence-corrected chi connectivity index (χ4v) is 2.07. The van der Waals surface area contributed by atoms with Gasteiger partial charge in [-0.2, -0.15) is 0 Å². The summed E-state index contributed by atoms with van der Waals surface area (Å²) in [5, 5.41) is 3.60. The highest BCUT2D eigenvalue weighted by atomic mass is 35.5. The van der Waals surface area contributed by atoms with Gasteiger partial charge in [-0.15, -0.1) is 0 Å². The van der Waals surface area contributed by atoms with Crippen LogP contribution in [0.1, 0.15) is 18.4 Å². The van der Waals surface area contributed by atoms with Crippen molar-refractivity contribution in [2.75, 3.05) is 31.5 Å². The van der Waals surface area contributed by atoms with Gasteiger partial charge in [0.25, 0.3) is 0 Å². The van der Waals surface area contributed by atoms with E-state index in [1.165, 1.54) is 25.9 Å². The van der Waals surface area contributed by atoms with Gasteiger partial charge in [-0.3, -0.25) is 0 Å². The van der Waals surface area contributed by atoms with Gasteiger partial charge in [-0.05, 0) is 44.5 Å². The number of likely N-dealkylation sites (tertiary alicyclic amines) is 1. The van der Waals surface area contributed by atoms with Crippen molar-refractivity contribution in [3.63, 3.8) is 0 Å². The quantitative estimate of drug-likeness (QED) is 0.817. The summed E-state index contributed by atoms with van der Waals surface area (Å²) in [5.74, 6) is 0.846. The normalized spacial score (nSPS) is 16.6. The highest BCUT2D eigenvalue weighted by Crippen LogP contribution is 2.12. The van der Waals surface area contributed by atoms with E-state index in [1.807, 2.05) is 6.92 Å².